The van der Waals surface area contributed by atoms with E-state index in [-0.39, 0.29) is 23.6 Å². The van der Waals surface area contributed by atoms with Crippen molar-refractivity contribution in [1.82, 2.24) is 9.38 Å². The normalized spacial score (nSPS) is 10.9. The summed E-state index contributed by atoms with van der Waals surface area (Å²) < 4.78 is 14.7. The Labute approximate surface area is 144 Å². The van der Waals surface area contributed by atoms with E-state index in [0.717, 1.165) is 9.96 Å². The summed E-state index contributed by atoms with van der Waals surface area (Å²) in [5.41, 5.74) is 0.104. The van der Waals surface area contributed by atoms with Crippen LogP contribution in [0.25, 0.3) is 5.65 Å². The standard InChI is InChI=1S/C17H12BrFN2O3/c18-11-4-8-14-20-15(16(23)17(24)21(14)9-11)13(22)7-3-10-1-5-12(19)6-2-10/h1-2,4-6,8-9,23H,3,7H2. The first-order valence-electron chi connectivity index (χ1n) is 7.14. The van der Waals surface area contributed by atoms with Crippen molar-refractivity contribution >= 4 is 27.4 Å². The minimum Gasteiger partial charge on any atom is -0.501 e. The predicted molar refractivity (Wildman–Crippen MR) is 89.9 cm³/mol. The van der Waals surface area contributed by atoms with E-state index in [4.69, 9.17) is 0 Å². The topological polar surface area (TPSA) is 71.7 Å². The first-order valence-corrected chi connectivity index (χ1v) is 7.93. The maximum Gasteiger partial charge on any atom is 0.300 e. The van der Waals surface area contributed by atoms with Gasteiger partial charge in [-0.2, -0.15) is 0 Å². The van der Waals surface area contributed by atoms with Crippen LogP contribution >= 0.6 is 15.9 Å². The van der Waals surface area contributed by atoms with E-state index in [1.54, 1.807) is 24.3 Å². The number of pyridine rings is 1. The molecule has 5 nitrogen and oxygen atoms in total. The van der Waals surface area contributed by atoms with Crippen LogP contribution in [0.2, 0.25) is 0 Å². The minimum absolute atomic E-state index is 0.0539. The molecule has 1 aromatic carbocycles. The number of carbonyl (C=O) groups is 1. The van der Waals surface area contributed by atoms with Crippen LogP contribution in [-0.4, -0.2) is 20.3 Å². The Hall–Kier alpha value is -2.54. The summed E-state index contributed by atoms with van der Waals surface area (Å²) in [7, 11) is 0. The van der Waals surface area contributed by atoms with E-state index in [1.807, 2.05) is 0 Å². The molecular formula is C17H12BrFN2O3. The fourth-order valence-corrected chi connectivity index (χ4v) is 2.66. The molecule has 0 aliphatic heterocycles. The van der Waals surface area contributed by atoms with Crippen LogP contribution in [0.3, 0.4) is 0 Å². The van der Waals surface area contributed by atoms with Gasteiger partial charge in [-0.3, -0.25) is 14.0 Å². The monoisotopic (exact) mass is 390 g/mol. The molecule has 0 radical (unpaired) electrons. The highest BCUT2D eigenvalue weighted by molar-refractivity contribution is 9.10. The number of aromatic nitrogens is 2. The number of hydrogen-bond acceptors (Lipinski definition) is 4. The summed E-state index contributed by atoms with van der Waals surface area (Å²) >= 11 is 3.23. The third kappa shape index (κ3) is 3.21. The molecule has 0 saturated heterocycles. The molecular weight excluding hydrogens is 379 g/mol. The molecule has 0 aliphatic rings. The molecule has 0 bridgehead atoms. The quantitative estimate of drug-likeness (QED) is 0.694. The molecule has 7 heteroatoms. The molecule has 2 aromatic heterocycles. The van der Waals surface area contributed by atoms with Crippen LogP contribution in [0.4, 0.5) is 4.39 Å². The Kier molecular flexibility index (Phi) is 4.44. The Balaban J connectivity index is 1.89. The molecule has 2 heterocycles. The molecule has 122 valence electrons. The van der Waals surface area contributed by atoms with Gasteiger partial charge in [-0.15, -0.1) is 0 Å². The van der Waals surface area contributed by atoms with E-state index >= 15 is 0 Å². The number of rotatable bonds is 4. The van der Waals surface area contributed by atoms with E-state index < -0.39 is 17.1 Å². The lowest BCUT2D eigenvalue weighted by Gasteiger charge is -2.07. The summed E-state index contributed by atoms with van der Waals surface area (Å²) in [5.74, 6) is -1.47. The van der Waals surface area contributed by atoms with Crippen LogP contribution in [0.1, 0.15) is 22.5 Å². The van der Waals surface area contributed by atoms with Gasteiger partial charge in [0.1, 0.15) is 11.5 Å². The number of fused-ring (bicyclic) bond motifs is 1. The van der Waals surface area contributed by atoms with Crippen LogP contribution in [0, 0.1) is 5.82 Å². The van der Waals surface area contributed by atoms with Crippen molar-refractivity contribution in [2.24, 2.45) is 0 Å². The van der Waals surface area contributed by atoms with Crippen LogP contribution < -0.4 is 5.56 Å². The van der Waals surface area contributed by atoms with Gasteiger partial charge in [0.15, 0.2) is 11.5 Å². The Morgan fingerprint density at radius 1 is 1.21 bits per heavy atom. The van der Waals surface area contributed by atoms with E-state index in [2.05, 4.69) is 20.9 Å². The maximum absolute atomic E-state index is 12.9. The number of aromatic hydroxyl groups is 1. The average molecular weight is 391 g/mol. The molecule has 0 aliphatic carbocycles. The zero-order valence-corrected chi connectivity index (χ0v) is 14.0. The van der Waals surface area contributed by atoms with Crippen molar-refractivity contribution in [2.45, 2.75) is 12.8 Å². The Morgan fingerprint density at radius 3 is 2.62 bits per heavy atom. The zero-order chi connectivity index (χ0) is 17.3. The third-order valence-corrected chi connectivity index (χ3v) is 4.05. The molecule has 3 aromatic rings. The minimum atomic E-state index is -0.702. The van der Waals surface area contributed by atoms with Gasteiger partial charge in [0.2, 0.25) is 5.75 Å². The summed E-state index contributed by atoms with van der Waals surface area (Å²) in [6, 6.07) is 9.06. The van der Waals surface area contributed by atoms with Crippen molar-refractivity contribution < 1.29 is 14.3 Å². The second kappa shape index (κ2) is 6.52. The first-order chi connectivity index (χ1) is 11.5. The second-order valence-electron chi connectivity index (χ2n) is 5.24. The van der Waals surface area contributed by atoms with Gasteiger partial charge in [-0.25, -0.2) is 9.37 Å². The Bertz CT molecular complexity index is 984. The van der Waals surface area contributed by atoms with Gasteiger partial charge >= 0.3 is 5.56 Å². The molecule has 3 rings (SSSR count). The Morgan fingerprint density at radius 2 is 1.92 bits per heavy atom. The van der Waals surface area contributed by atoms with Crippen LogP contribution in [-0.2, 0) is 6.42 Å². The smallest absolute Gasteiger partial charge is 0.300 e. The van der Waals surface area contributed by atoms with Crippen molar-refractivity contribution in [1.29, 1.82) is 0 Å². The number of aryl methyl sites for hydroxylation is 1. The molecule has 0 fully saturated rings. The lowest BCUT2D eigenvalue weighted by molar-refractivity contribution is 0.0975. The van der Waals surface area contributed by atoms with Crippen molar-refractivity contribution in [2.75, 3.05) is 0 Å². The number of Topliss-reactive ketones (excluding diaryl/α,β-unsaturated/α-hetero) is 1. The fraction of sp³-hybridized carbons (Fsp3) is 0.118. The van der Waals surface area contributed by atoms with Gasteiger partial charge in [0.25, 0.3) is 0 Å². The van der Waals surface area contributed by atoms with E-state index in [1.165, 1.54) is 18.3 Å². The van der Waals surface area contributed by atoms with E-state index in [0.29, 0.717) is 10.9 Å². The largest absolute Gasteiger partial charge is 0.501 e. The summed E-state index contributed by atoms with van der Waals surface area (Å²) in [5, 5.41) is 10.0. The highest BCUT2D eigenvalue weighted by Crippen LogP contribution is 2.17. The van der Waals surface area contributed by atoms with Crippen LogP contribution in [0.5, 0.6) is 5.75 Å². The highest BCUT2D eigenvalue weighted by Gasteiger charge is 2.18. The third-order valence-electron chi connectivity index (χ3n) is 3.58. The van der Waals surface area contributed by atoms with Gasteiger partial charge in [0, 0.05) is 17.1 Å². The van der Waals surface area contributed by atoms with Crippen molar-refractivity contribution in [3.63, 3.8) is 0 Å². The van der Waals surface area contributed by atoms with Gasteiger partial charge < -0.3 is 5.11 Å². The molecule has 1 N–H and O–H groups in total. The lowest BCUT2D eigenvalue weighted by atomic mass is 10.1. The van der Waals surface area contributed by atoms with Gasteiger partial charge in [-0.1, -0.05) is 12.1 Å². The summed E-state index contributed by atoms with van der Waals surface area (Å²) in [6.45, 7) is 0. The number of benzene rings is 1. The number of carbonyl (C=O) groups excluding carboxylic acids is 1. The molecule has 0 atom stereocenters. The summed E-state index contributed by atoms with van der Waals surface area (Å²) in [6.07, 6.45) is 1.88. The SMILES string of the molecule is O=C(CCc1ccc(F)cc1)c1nc2ccc(Br)cn2c(=O)c1O. The van der Waals surface area contributed by atoms with Gasteiger partial charge in [-0.05, 0) is 52.2 Å². The molecule has 0 amide bonds. The maximum atomic E-state index is 12.9. The van der Waals surface area contributed by atoms with Crippen LogP contribution in [0.15, 0.2) is 51.9 Å². The molecule has 0 unspecified atom stereocenters. The molecule has 0 spiro atoms. The van der Waals surface area contributed by atoms with Crippen molar-refractivity contribution in [3.05, 3.63) is 74.5 Å². The molecule has 24 heavy (non-hydrogen) atoms. The first kappa shape index (κ1) is 16.3. The zero-order valence-electron chi connectivity index (χ0n) is 12.4. The average Bonchev–Trinajstić information content (AvgIpc) is 2.58. The number of nitrogens with zero attached hydrogens (tertiary/aromatic N) is 2. The highest BCUT2D eigenvalue weighted by atomic mass is 79.9. The van der Waals surface area contributed by atoms with Crippen molar-refractivity contribution in [3.8, 4) is 5.75 Å². The summed E-state index contributed by atoms with van der Waals surface area (Å²) in [4.78, 5) is 28.6. The predicted octanol–water partition coefficient (Wildman–Crippen LogP) is 3.12. The van der Waals surface area contributed by atoms with E-state index in [9.17, 15) is 19.1 Å². The second-order valence-corrected chi connectivity index (χ2v) is 6.16. The molecule has 0 saturated carbocycles. The lowest BCUT2D eigenvalue weighted by Crippen LogP contribution is -2.19. The fourth-order valence-electron chi connectivity index (χ4n) is 2.33. The number of halogens is 2. The number of ketones is 1. The van der Waals surface area contributed by atoms with Gasteiger partial charge in [0.05, 0.1) is 0 Å². The number of hydrogen-bond donors (Lipinski definition) is 1.